The highest BCUT2D eigenvalue weighted by Gasteiger charge is 2.29. The van der Waals surface area contributed by atoms with E-state index < -0.39 is 12.1 Å². The molecular weight excluding hydrogens is 252 g/mol. The van der Waals surface area contributed by atoms with Crippen molar-refractivity contribution in [3.63, 3.8) is 0 Å². The minimum absolute atomic E-state index is 0.00801. The maximum atomic E-state index is 12.1. The normalized spacial score (nSPS) is 19.5. The monoisotopic (exact) mass is 274 g/mol. The minimum Gasteiger partial charge on any atom is -0.452 e. The highest BCUT2D eigenvalue weighted by Crippen LogP contribution is 2.39. The molecule has 3 nitrogen and oxygen atoms in total. The molecule has 0 spiro atoms. The van der Waals surface area contributed by atoms with Crippen molar-refractivity contribution in [2.75, 3.05) is 0 Å². The van der Waals surface area contributed by atoms with Gasteiger partial charge in [-0.25, -0.2) is 4.79 Å². The molecule has 0 aromatic heterocycles. The molecule has 0 amide bonds. The number of ether oxygens (including phenoxy) is 1. The lowest BCUT2D eigenvalue weighted by Crippen LogP contribution is -2.22. The van der Waals surface area contributed by atoms with Gasteiger partial charge in [0.2, 0.25) is 0 Å². The van der Waals surface area contributed by atoms with Crippen LogP contribution in [0.4, 0.5) is 0 Å². The van der Waals surface area contributed by atoms with Crippen LogP contribution in [0, 0.1) is 5.92 Å². The van der Waals surface area contributed by atoms with E-state index in [-0.39, 0.29) is 5.92 Å². The van der Waals surface area contributed by atoms with Crippen molar-refractivity contribution in [2.24, 2.45) is 5.92 Å². The third kappa shape index (κ3) is 3.27. The second-order valence-corrected chi connectivity index (χ2v) is 5.55. The summed E-state index contributed by atoms with van der Waals surface area (Å²) in [7, 11) is 0. The Hall–Kier alpha value is -1.64. The molecule has 0 N–H and O–H groups in total. The maximum Gasteiger partial charge on any atom is 0.335 e. The Morgan fingerprint density at radius 1 is 1.25 bits per heavy atom. The van der Waals surface area contributed by atoms with Crippen molar-refractivity contribution in [3.05, 3.63) is 35.5 Å². The van der Waals surface area contributed by atoms with E-state index in [1.54, 1.807) is 6.92 Å². The van der Waals surface area contributed by atoms with E-state index >= 15 is 0 Å². The first-order chi connectivity index (χ1) is 9.63. The molecule has 0 bridgehead atoms. The number of carbonyl (C=O) groups excluding carboxylic acids is 2. The first kappa shape index (κ1) is 14.8. The summed E-state index contributed by atoms with van der Waals surface area (Å²) in [4.78, 5) is 22.7. The summed E-state index contributed by atoms with van der Waals surface area (Å²) in [5, 5.41) is 0. The molecular formula is C17H22O3. The van der Waals surface area contributed by atoms with Crippen molar-refractivity contribution in [2.45, 2.75) is 51.6 Å². The zero-order chi connectivity index (χ0) is 14.5. The van der Waals surface area contributed by atoms with Crippen molar-refractivity contribution in [3.8, 4) is 0 Å². The van der Waals surface area contributed by atoms with Gasteiger partial charge < -0.3 is 4.74 Å². The third-order valence-corrected chi connectivity index (χ3v) is 3.99. The summed E-state index contributed by atoms with van der Waals surface area (Å²) in [5.41, 5.74) is 3.05. The van der Waals surface area contributed by atoms with Gasteiger partial charge in [-0.1, -0.05) is 29.9 Å². The predicted octanol–water partition coefficient (Wildman–Crippen LogP) is 3.51. The van der Waals surface area contributed by atoms with Crippen LogP contribution in [-0.2, 0) is 14.3 Å². The molecule has 1 unspecified atom stereocenters. The fourth-order valence-corrected chi connectivity index (χ4v) is 2.99. The van der Waals surface area contributed by atoms with Crippen molar-refractivity contribution < 1.29 is 14.3 Å². The first-order valence-corrected chi connectivity index (χ1v) is 7.36. The molecule has 20 heavy (non-hydrogen) atoms. The Kier molecular flexibility index (Phi) is 4.94. The molecule has 2 aliphatic carbocycles. The molecule has 3 heteroatoms. The Morgan fingerprint density at radius 2 is 1.80 bits per heavy atom. The van der Waals surface area contributed by atoms with Gasteiger partial charge in [0.05, 0.1) is 0 Å². The predicted molar refractivity (Wildman–Crippen MR) is 78.1 cm³/mol. The average molecular weight is 274 g/mol. The van der Waals surface area contributed by atoms with Crippen LogP contribution in [0.1, 0.15) is 45.4 Å². The fourth-order valence-electron chi connectivity index (χ4n) is 2.99. The van der Waals surface area contributed by atoms with Crippen LogP contribution in [-0.4, -0.2) is 18.4 Å². The Labute approximate surface area is 120 Å². The van der Waals surface area contributed by atoms with E-state index in [0.29, 0.717) is 11.9 Å². The molecule has 2 rings (SSSR count). The number of aldehydes is 1. The van der Waals surface area contributed by atoms with Gasteiger partial charge in [0, 0.05) is 11.5 Å². The van der Waals surface area contributed by atoms with Crippen LogP contribution in [0.2, 0.25) is 0 Å². The molecule has 0 aromatic rings. The Morgan fingerprint density at radius 3 is 2.20 bits per heavy atom. The number of rotatable bonds is 6. The lowest BCUT2D eigenvalue weighted by molar-refractivity contribution is -0.146. The number of carbonyl (C=O) groups is 2. The molecule has 2 aliphatic rings. The van der Waals surface area contributed by atoms with Gasteiger partial charge in [-0.05, 0) is 45.4 Å². The van der Waals surface area contributed by atoms with Gasteiger partial charge in [-0.3, -0.25) is 4.79 Å². The van der Waals surface area contributed by atoms with Crippen molar-refractivity contribution in [1.82, 2.24) is 0 Å². The van der Waals surface area contributed by atoms with Crippen LogP contribution in [0.3, 0.4) is 0 Å². The van der Waals surface area contributed by atoms with Crippen LogP contribution < -0.4 is 0 Å². The lowest BCUT2D eigenvalue weighted by Gasteiger charge is -2.22. The zero-order valence-electron chi connectivity index (χ0n) is 12.1. The quantitative estimate of drug-likeness (QED) is 0.322. The highest BCUT2D eigenvalue weighted by molar-refractivity contribution is 5.90. The molecule has 0 saturated heterocycles. The van der Waals surface area contributed by atoms with E-state index in [9.17, 15) is 9.59 Å². The van der Waals surface area contributed by atoms with E-state index in [1.807, 2.05) is 0 Å². The Bertz CT molecular complexity index is 447. The van der Waals surface area contributed by atoms with E-state index in [4.69, 9.17) is 4.74 Å². The second kappa shape index (κ2) is 6.69. The summed E-state index contributed by atoms with van der Waals surface area (Å²) in [6.45, 7) is 5.53. The largest absolute Gasteiger partial charge is 0.452 e. The van der Waals surface area contributed by atoms with Crippen molar-refractivity contribution in [1.29, 1.82) is 0 Å². The molecule has 1 atom stereocenters. The summed E-state index contributed by atoms with van der Waals surface area (Å²) in [5.74, 6) is -0.457. The van der Waals surface area contributed by atoms with E-state index in [1.165, 1.54) is 11.1 Å². The highest BCUT2D eigenvalue weighted by atomic mass is 16.5. The van der Waals surface area contributed by atoms with Crippen molar-refractivity contribution >= 4 is 12.3 Å². The molecule has 0 heterocycles. The van der Waals surface area contributed by atoms with Crippen LogP contribution >= 0.6 is 0 Å². The molecule has 0 aromatic carbocycles. The number of hydrogen-bond donors (Lipinski definition) is 0. The van der Waals surface area contributed by atoms with Gasteiger partial charge in [0.1, 0.15) is 0 Å². The van der Waals surface area contributed by atoms with Crippen LogP contribution in [0.25, 0.3) is 0 Å². The van der Waals surface area contributed by atoms with Gasteiger partial charge in [-0.2, -0.15) is 0 Å². The maximum absolute atomic E-state index is 12.1. The first-order valence-electron chi connectivity index (χ1n) is 7.36. The average Bonchev–Trinajstić information content (AvgIpc) is 3.12. The molecule has 0 radical (unpaired) electrons. The third-order valence-electron chi connectivity index (χ3n) is 3.99. The summed E-state index contributed by atoms with van der Waals surface area (Å²) in [6, 6.07) is 0. The summed E-state index contributed by atoms with van der Waals surface area (Å²) < 4.78 is 5.10. The van der Waals surface area contributed by atoms with Crippen LogP contribution in [0.5, 0.6) is 0 Å². The number of esters is 1. The molecule has 0 saturated carbocycles. The van der Waals surface area contributed by atoms with Gasteiger partial charge in [-0.15, -0.1) is 0 Å². The Balaban J connectivity index is 2.15. The van der Waals surface area contributed by atoms with E-state index in [0.717, 1.165) is 38.5 Å². The van der Waals surface area contributed by atoms with E-state index in [2.05, 4.69) is 18.7 Å². The van der Waals surface area contributed by atoms with Gasteiger partial charge in [0.25, 0.3) is 0 Å². The molecule has 0 aliphatic heterocycles. The van der Waals surface area contributed by atoms with Gasteiger partial charge in [0.15, 0.2) is 12.4 Å². The zero-order valence-corrected chi connectivity index (χ0v) is 12.1. The summed E-state index contributed by atoms with van der Waals surface area (Å²) in [6.07, 6.45) is 10.9. The molecule has 0 fully saturated rings. The minimum atomic E-state index is -0.713. The smallest absolute Gasteiger partial charge is 0.335 e. The molecule has 108 valence electrons. The number of allylic oxidation sites excluding steroid dienone is 4. The SMILES string of the molecule is C=C(C(=O)OC(C)C=O)C(C1=CCCC1)C1=CCCC1. The topological polar surface area (TPSA) is 43.4 Å². The lowest BCUT2D eigenvalue weighted by atomic mass is 9.84. The van der Waals surface area contributed by atoms with Gasteiger partial charge >= 0.3 is 5.97 Å². The fraction of sp³-hybridized carbons (Fsp3) is 0.529. The summed E-state index contributed by atoms with van der Waals surface area (Å²) >= 11 is 0. The number of hydrogen-bond acceptors (Lipinski definition) is 3. The van der Waals surface area contributed by atoms with Crippen LogP contribution in [0.15, 0.2) is 35.5 Å². The second-order valence-electron chi connectivity index (χ2n) is 5.55. The standard InChI is InChI=1S/C17H22O3/c1-12(11-18)20-17(19)13(2)16(14-7-3-4-8-14)15-9-5-6-10-15/h7,9,11-12,16H,2-6,8,10H2,1H3.